The van der Waals surface area contributed by atoms with E-state index in [9.17, 15) is 39.6 Å². The Bertz CT molecular complexity index is 2010. The zero-order valence-electron chi connectivity index (χ0n) is 30.7. The van der Waals surface area contributed by atoms with Gasteiger partial charge in [0, 0.05) is 18.2 Å². The molecule has 2 atom stereocenters. The van der Waals surface area contributed by atoms with Crippen molar-refractivity contribution in [3.63, 3.8) is 0 Å². The third-order valence-corrected chi connectivity index (χ3v) is 6.90. The average molecular weight is 791 g/mol. The van der Waals surface area contributed by atoms with Crippen LogP contribution in [0.2, 0.25) is 0 Å². The first-order chi connectivity index (χ1) is 26.9. The summed E-state index contributed by atoms with van der Waals surface area (Å²) < 4.78 is 19.6. The summed E-state index contributed by atoms with van der Waals surface area (Å²) in [6.07, 6.45) is 9.52. The maximum Gasteiger partial charge on any atom is 1.00 e. The van der Waals surface area contributed by atoms with Crippen molar-refractivity contribution >= 4 is 48.2 Å². The fraction of sp³-hybridized carbons (Fsp3) is 0.143. The first kappa shape index (κ1) is 47.0. The second-order valence-electron chi connectivity index (χ2n) is 11.5. The maximum absolute atomic E-state index is 11.6. The molecule has 1 saturated heterocycles. The van der Waals surface area contributed by atoms with Crippen LogP contribution in [-0.2, 0) is 38.1 Å². The zero-order valence-corrected chi connectivity index (χ0v) is 32.7. The van der Waals surface area contributed by atoms with Crippen LogP contribution in [0.1, 0.15) is 22.3 Å². The fourth-order valence-corrected chi connectivity index (χ4v) is 3.96. The van der Waals surface area contributed by atoms with Crippen LogP contribution < -0.4 is 34.7 Å². The van der Waals surface area contributed by atoms with Crippen molar-refractivity contribution in [2.45, 2.75) is 12.2 Å². The number of ether oxygens (including phenoxy) is 4. The largest absolute Gasteiger partial charge is 1.00 e. The molecule has 0 radical (unpaired) electrons. The van der Waals surface area contributed by atoms with Gasteiger partial charge in [-0.25, -0.2) is 14.4 Å². The van der Waals surface area contributed by atoms with Crippen molar-refractivity contribution in [2.24, 2.45) is 0 Å². The van der Waals surface area contributed by atoms with Gasteiger partial charge in [-0.1, -0.05) is 78.9 Å². The molecule has 0 saturated carbocycles. The Balaban J connectivity index is 0.000000324. The number of hydrogen-bond acceptors (Lipinski definition) is 14. The second kappa shape index (κ2) is 25.8. The minimum absolute atomic E-state index is 0. The van der Waals surface area contributed by atoms with Crippen molar-refractivity contribution in [1.82, 2.24) is 0 Å². The van der Waals surface area contributed by atoms with Crippen molar-refractivity contribution in [3.05, 3.63) is 144 Å². The van der Waals surface area contributed by atoms with Gasteiger partial charge >= 0.3 is 47.5 Å². The molecule has 1 aliphatic heterocycles. The van der Waals surface area contributed by atoms with Gasteiger partial charge in [0.05, 0.1) is 12.6 Å². The van der Waals surface area contributed by atoms with E-state index >= 15 is 0 Å². The number of phenols is 4. The van der Waals surface area contributed by atoms with E-state index in [0.717, 1.165) is 23.3 Å². The number of carbonyl (C=O) groups is 4. The summed E-state index contributed by atoms with van der Waals surface area (Å²) >= 11 is 0. The van der Waals surface area contributed by atoms with Crippen LogP contribution in [0, 0.1) is 0 Å². The number of benzene rings is 4. The first-order valence-electron chi connectivity index (χ1n) is 16.7. The van der Waals surface area contributed by atoms with Gasteiger partial charge in [-0.2, -0.15) is 0 Å². The third-order valence-electron chi connectivity index (χ3n) is 6.90. The Labute approximate surface area is 350 Å². The Kier molecular flexibility index (Phi) is 21.3. The molecule has 15 heteroatoms. The molecule has 0 amide bonds. The van der Waals surface area contributed by atoms with Gasteiger partial charge in [-0.3, -0.25) is 0 Å². The number of aliphatic hydroxyl groups excluding tert-OH is 1. The molecular formula is C42H39NaO14. The van der Waals surface area contributed by atoms with Gasteiger partial charge < -0.3 is 54.4 Å². The summed E-state index contributed by atoms with van der Waals surface area (Å²) in [5, 5.41) is 56.3. The van der Waals surface area contributed by atoms with E-state index in [0.29, 0.717) is 24.3 Å². The molecule has 292 valence electrons. The normalized spacial score (nSPS) is 13.4. The Hall–Kier alpha value is -6.16. The third kappa shape index (κ3) is 20.9. The number of epoxide rings is 1. The minimum atomic E-state index is -1.31. The van der Waals surface area contributed by atoms with Gasteiger partial charge in [-0.15, -0.1) is 0 Å². The molecule has 57 heavy (non-hydrogen) atoms. The van der Waals surface area contributed by atoms with Gasteiger partial charge in [0.1, 0.15) is 32.0 Å². The average Bonchev–Trinajstić information content (AvgIpc) is 4.04. The van der Waals surface area contributed by atoms with Gasteiger partial charge in [-0.05, 0) is 70.8 Å². The molecule has 1 aliphatic rings. The van der Waals surface area contributed by atoms with E-state index in [4.69, 9.17) is 29.2 Å². The first-order valence-corrected chi connectivity index (χ1v) is 16.7. The Morgan fingerprint density at radius 3 is 1.37 bits per heavy atom. The molecule has 0 bridgehead atoms. The summed E-state index contributed by atoms with van der Waals surface area (Å²) in [7, 11) is 0. The summed E-state index contributed by atoms with van der Waals surface area (Å²) in [6.45, 7) is 0.397. The summed E-state index contributed by atoms with van der Waals surface area (Å²) in [5.41, 5.74) is 2.77. The number of esters is 3. The molecule has 5 N–H and O–H groups in total. The topological polar surface area (TPSA) is 233 Å². The molecule has 1 fully saturated rings. The van der Waals surface area contributed by atoms with E-state index in [2.05, 4.69) is 0 Å². The molecule has 1 heterocycles. The molecular weight excluding hydrogens is 751 g/mol. The van der Waals surface area contributed by atoms with Crippen molar-refractivity contribution in [2.75, 3.05) is 26.4 Å². The number of aliphatic hydroxyl groups is 1. The summed E-state index contributed by atoms with van der Waals surface area (Å²) in [5.74, 6) is -4.10. The van der Waals surface area contributed by atoms with Crippen LogP contribution in [0.3, 0.4) is 0 Å². The minimum Gasteiger partial charge on any atom is -0.545 e. The Morgan fingerprint density at radius 1 is 0.596 bits per heavy atom. The van der Waals surface area contributed by atoms with Crippen LogP contribution in [0.25, 0.3) is 24.3 Å². The number of aromatic hydroxyl groups is 4. The molecule has 0 aromatic heterocycles. The number of hydrogen-bond donors (Lipinski definition) is 5. The predicted molar refractivity (Wildman–Crippen MR) is 202 cm³/mol. The van der Waals surface area contributed by atoms with E-state index in [-0.39, 0.29) is 77.8 Å². The van der Waals surface area contributed by atoms with Gasteiger partial charge in [0.2, 0.25) is 0 Å². The smallest absolute Gasteiger partial charge is 0.545 e. The summed E-state index contributed by atoms with van der Waals surface area (Å²) in [6, 6.07) is 26.8. The molecule has 5 rings (SSSR count). The zero-order chi connectivity index (χ0) is 40.7. The van der Waals surface area contributed by atoms with Crippen molar-refractivity contribution in [1.29, 1.82) is 0 Å². The predicted octanol–water partition coefficient (Wildman–Crippen LogP) is 0.778. The van der Waals surface area contributed by atoms with Crippen molar-refractivity contribution < 1.29 is 98.3 Å². The number of phenolic OH excluding ortho intramolecular Hbond substituents is 4. The monoisotopic (exact) mass is 790 g/mol. The van der Waals surface area contributed by atoms with Crippen LogP contribution >= 0.6 is 0 Å². The molecule has 2 unspecified atom stereocenters. The van der Waals surface area contributed by atoms with Gasteiger partial charge in [0.25, 0.3) is 0 Å². The number of rotatable bonds is 14. The number of carboxylic acids is 1. The number of aliphatic carboxylic acids is 1. The van der Waals surface area contributed by atoms with Crippen LogP contribution in [0.5, 0.6) is 23.0 Å². The standard InChI is InChI=1S/C21H20O7.C12H12O3.C9H8O4.Na/c22-17(13-27-20(25)10-7-15-4-2-1-3-5-15)14-28-21(26)11-8-16-6-9-18(23)19(24)12-16;13-12(15-9-11-8-14-11)7-6-10-4-2-1-3-5-10;10-7-3-1-6(5-8(7)11)2-4-9(12)13;/h1-12,17,22-24H,13-14H2;1-7,11H,8-9H2;1-5,10-11H,(H,12,13);/q;;;+1/p-1/b10-7+,11-8+;7-6+;4-2+;. The second-order valence-corrected chi connectivity index (χ2v) is 11.5. The summed E-state index contributed by atoms with van der Waals surface area (Å²) in [4.78, 5) is 44.4. The molecule has 4 aromatic rings. The van der Waals surface area contributed by atoms with Crippen LogP contribution in [0.15, 0.2) is 121 Å². The maximum atomic E-state index is 11.6. The Morgan fingerprint density at radius 2 is 0.982 bits per heavy atom. The van der Waals surface area contributed by atoms with Gasteiger partial charge in [0.15, 0.2) is 23.0 Å². The van der Waals surface area contributed by atoms with E-state index in [1.165, 1.54) is 60.7 Å². The number of carbonyl (C=O) groups excluding carboxylic acids is 4. The van der Waals surface area contributed by atoms with E-state index in [1.807, 2.05) is 60.7 Å². The molecule has 4 aromatic carbocycles. The molecule has 0 spiro atoms. The quantitative estimate of drug-likeness (QED) is 0.0297. The number of carboxylic acid groups (broad SMARTS) is 1. The van der Waals surface area contributed by atoms with Crippen LogP contribution in [-0.4, -0.2) is 88.0 Å². The molecule has 14 nitrogen and oxygen atoms in total. The SMILES string of the molecule is O=C(/C=C/c1ccccc1)OCC(O)COC(=O)/C=C/c1ccc(O)c(O)c1.O=C(/C=C/c1ccccc1)OCC1CO1.O=C([O-])/C=C/c1ccc(O)c(O)c1.[Na+]. The van der Waals surface area contributed by atoms with E-state index < -0.39 is 24.0 Å². The van der Waals surface area contributed by atoms with E-state index in [1.54, 1.807) is 12.2 Å². The van der Waals surface area contributed by atoms with Crippen molar-refractivity contribution in [3.8, 4) is 23.0 Å². The molecule has 0 aliphatic carbocycles. The fourth-order valence-electron chi connectivity index (χ4n) is 3.96. The van der Waals surface area contributed by atoms with Crippen LogP contribution in [0.4, 0.5) is 0 Å².